The normalized spacial score (nSPS) is 23.8. The molecule has 1 aromatic rings. The number of benzene rings is 1. The minimum absolute atomic E-state index is 0.218. The number of oxime groups is 1. The highest BCUT2D eigenvalue weighted by Crippen LogP contribution is 2.36. The maximum Gasteiger partial charge on any atom is 0.357 e. The highest BCUT2D eigenvalue weighted by molar-refractivity contribution is 6.42. The van der Waals surface area contributed by atoms with E-state index in [1.54, 1.807) is 0 Å². The summed E-state index contributed by atoms with van der Waals surface area (Å²) in [6.45, 7) is 0. The maximum atomic E-state index is 11.7. The smallest absolute Gasteiger partial charge is 0.357 e. The molecule has 2 rings (SSSR count). The Morgan fingerprint density at radius 1 is 1.45 bits per heavy atom. The van der Waals surface area contributed by atoms with Crippen molar-refractivity contribution in [3.05, 3.63) is 33.8 Å². The van der Waals surface area contributed by atoms with Gasteiger partial charge in [0.25, 0.3) is 0 Å². The molecular weight excluding hydrogens is 309 g/mol. The van der Waals surface area contributed by atoms with Crippen molar-refractivity contribution in [2.45, 2.75) is 12.0 Å². The molecule has 0 aromatic heterocycles. The van der Waals surface area contributed by atoms with Gasteiger partial charge in [-0.25, -0.2) is 9.59 Å². The standard InChI is InChI=1S/C12H9Cl2NO5/c1-19-12(17)10-8(9(15-18)11(16)20-10)6-3-2-5(13)4-7(6)14/h2-4,8,10,18H,1H3/b15-9-/t8-,10-/m0/s1. The number of rotatable bonds is 2. The SMILES string of the molecule is COC(=O)[C@H]1OC(=O)/C(=N\O)[C@@H]1c1ccc(Cl)cc1Cl. The van der Waals surface area contributed by atoms with Crippen molar-refractivity contribution in [3.8, 4) is 0 Å². The predicted molar refractivity (Wildman–Crippen MR) is 70.3 cm³/mol. The molecule has 6 nitrogen and oxygen atoms in total. The second-order valence-corrected chi connectivity index (χ2v) is 4.82. The molecule has 0 spiro atoms. The molecule has 1 heterocycles. The Balaban J connectivity index is 2.53. The highest BCUT2D eigenvalue weighted by atomic mass is 35.5. The highest BCUT2D eigenvalue weighted by Gasteiger charge is 2.48. The molecule has 1 N–H and O–H groups in total. The topological polar surface area (TPSA) is 85.2 Å². The first-order valence-corrected chi connectivity index (χ1v) is 6.21. The fraction of sp³-hybridized carbons (Fsp3) is 0.250. The van der Waals surface area contributed by atoms with Crippen LogP contribution in [-0.2, 0) is 19.1 Å². The summed E-state index contributed by atoms with van der Waals surface area (Å²) < 4.78 is 9.44. The van der Waals surface area contributed by atoms with Gasteiger partial charge in [0.05, 0.1) is 13.0 Å². The summed E-state index contributed by atoms with van der Waals surface area (Å²) in [5.74, 6) is -2.63. The Hall–Kier alpha value is -1.79. The van der Waals surface area contributed by atoms with E-state index in [2.05, 4.69) is 9.89 Å². The van der Waals surface area contributed by atoms with Crippen molar-refractivity contribution in [1.29, 1.82) is 0 Å². The van der Waals surface area contributed by atoms with E-state index in [0.717, 1.165) is 7.11 Å². The van der Waals surface area contributed by atoms with Crippen LogP contribution in [-0.4, -0.2) is 36.1 Å². The maximum absolute atomic E-state index is 11.7. The number of carbonyl (C=O) groups is 2. The molecular formula is C12H9Cl2NO5. The van der Waals surface area contributed by atoms with Crippen LogP contribution < -0.4 is 0 Å². The van der Waals surface area contributed by atoms with Gasteiger partial charge < -0.3 is 14.7 Å². The molecule has 1 aliphatic rings. The summed E-state index contributed by atoms with van der Waals surface area (Å²) >= 11 is 11.8. The number of cyclic esters (lactones) is 1. The van der Waals surface area contributed by atoms with Gasteiger partial charge >= 0.3 is 11.9 Å². The Kier molecular flexibility index (Phi) is 4.15. The lowest BCUT2D eigenvalue weighted by molar-refractivity contribution is -0.159. The molecule has 0 amide bonds. The van der Waals surface area contributed by atoms with Gasteiger partial charge in [0.15, 0.2) is 5.71 Å². The monoisotopic (exact) mass is 317 g/mol. The van der Waals surface area contributed by atoms with Crippen LogP contribution in [0.2, 0.25) is 10.0 Å². The van der Waals surface area contributed by atoms with Gasteiger partial charge in [-0.2, -0.15) is 0 Å². The van der Waals surface area contributed by atoms with E-state index in [-0.39, 0.29) is 10.7 Å². The van der Waals surface area contributed by atoms with E-state index in [9.17, 15) is 9.59 Å². The molecule has 106 valence electrons. The summed E-state index contributed by atoms with van der Waals surface area (Å²) in [5, 5.41) is 12.5. The quantitative estimate of drug-likeness (QED) is 0.512. The van der Waals surface area contributed by atoms with Crippen LogP contribution in [0.15, 0.2) is 23.4 Å². The predicted octanol–water partition coefficient (Wildman–Crippen LogP) is 2.01. The third-order valence-electron chi connectivity index (χ3n) is 2.88. The van der Waals surface area contributed by atoms with Crippen molar-refractivity contribution >= 4 is 40.9 Å². The molecule has 8 heteroatoms. The van der Waals surface area contributed by atoms with E-state index < -0.39 is 24.0 Å². The number of halogens is 2. The van der Waals surface area contributed by atoms with Crippen LogP contribution >= 0.6 is 23.2 Å². The van der Waals surface area contributed by atoms with Crippen molar-refractivity contribution < 1.29 is 24.3 Å². The lowest BCUT2D eigenvalue weighted by Gasteiger charge is -2.16. The number of carbonyl (C=O) groups excluding carboxylic acids is 2. The Bertz CT molecular complexity index is 602. The van der Waals surface area contributed by atoms with Crippen LogP contribution in [0, 0.1) is 0 Å². The second kappa shape index (κ2) is 5.68. The first-order valence-electron chi connectivity index (χ1n) is 5.45. The van der Waals surface area contributed by atoms with Gasteiger partial charge in [-0.15, -0.1) is 0 Å². The van der Waals surface area contributed by atoms with Gasteiger partial charge in [0.2, 0.25) is 6.10 Å². The van der Waals surface area contributed by atoms with E-state index in [0.29, 0.717) is 10.6 Å². The molecule has 1 fully saturated rings. The third kappa shape index (κ3) is 2.44. The average Bonchev–Trinajstić information content (AvgIpc) is 2.74. The molecule has 1 saturated heterocycles. The van der Waals surface area contributed by atoms with E-state index >= 15 is 0 Å². The molecule has 1 aromatic carbocycles. The molecule has 0 unspecified atom stereocenters. The summed E-state index contributed by atoms with van der Waals surface area (Å²) in [5.41, 5.74) is 0.0646. The number of hydrogen-bond donors (Lipinski definition) is 1. The third-order valence-corrected chi connectivity index (χ3v) is 3.44. The molecule has 0 aliphatic carbocycles. The number of hydrogen-bond acceptors (Lipinski definition) is 6. The number of nitrogens with zero attached hydrogens (tertiary/aromatic N) is 1. The van der Waals surface area contributed by atoms with Crippen LogP contribution in [0.3, 0.4) is 0 Å². The zero-order chi connectivity index (χ0) is 14.9. The molecule has 2 atom stereocenters. The van der Waals surface area contributed by atoms with Crippen LogP contribution in [0.5, 0.6) is 0 Å². The molecule has 0 saturated carbocycles. The number of esters is 2. The van der Waals surface area contributed by atoms with Crippen LogP contribution in [0.4, 0.5) is 0 Å². The van der Waals surface area contributed by atoms with Gasteiger partial charge in [-0.3, -0.25) is 0 Å². The summed E-state index contributed by atoms with van der Waals surface area (Å²) in [6, 6.07) is 4.51. The molecule has 0 bridgehead atoms. The van der Waals surface area contributed by atoms with Gasteiger partial charge in [-0.05, 0) is 17.7 Å². The minimum atomic E-state index is -1.25. The average molecular weight is 318 g/mol. The van der Waals surface area contributed by atoms with Gasteiger partial charge in [0.1, 0.15) is 0 Å². The van der Waals surface area contributed by atoms with Crippen molar-refractivity contribution in [1.82, 2.24) is 0 Å². The van der Waals surface area contributed by atoms with Crippen molar-refractivity contribution in [2.24, 2.45) is 5.16 Å². The zero-order valence-corrected chi connectivity index (χ0v) is 11.7. The fourth-order valence-electron chi connectivity index (χ4n) is 1.98. The Morgan fingerprint density at radius 3 is 2.70 bits per heavy atom. The van der Waals surface area contributed by atoms with E-state index in [4.69, 9.17) is 33.1 Å². The van der Waals surface area contributed by atoms with Crippen molar-refractivity contribution in [3.63, 3.8) is 0 Å². The summed E-state index contributed by atoms with van der Waals surface area (Å²) in [7, 11) is 1.16. The molecule has 1 aliphatic heterocycles. The number of methoxy groups -OCH3 is 1. The van der Waals surface area contributed by atoms with E-state index in [1.165, 1.54) is 18.2 Å². The summed E-state index contributed by atoms with van der Waals surface area (Å²) in [6.07, 6.45) is -1.25. The first kappa shape index (κ1) is 14.6. The first-order chi connectivity index (χ1) is 9.49. The van der Waals surface area contributed by atoms with Gasteiger partial charge in [-0.1, -0.05) is 34.4 Å². The lowest BCUT2D eigenvalue weighted by Crippen LogP contribution is -2.28. The van der Waals surface area contributed by atoms with Crippen LogP contribution in [0.1, 0.15) is 11.5 Å². The molecule has 0 radical (unpaired) electrons. The molecule has 20 heavy (non-hydrogen) atoms. The lowest BCUT2D eigenvalue weighted by atomic mass is 9.91. The van der Waals surface area contributed by atoms with Crippen LogP contribution in [0.25, 0.3) is 0 Å². The second-order valence-electron chi connectivity index (χ2n) is 3.98. The van der Waals surface area contributed by atoms with E-state index in [1.807, 2.05) is 0 Å². The number of ether oxygens (including phenoxy) is 2. The largest absolute Gasteiger partial charge is 0.466 e. The fourth-order valence-corrected chi connectivity index (χ4v) is 2.51. The zero-order valence-electron chi connectivity index (χ0n) is 10.2. The Morgan fingerprint density at radius 2 is 2.15 bits per heavy atom. The van der Waals surface area contributed by atoms with Gasteiger partial charge in [0, 0.05) is 10.0 Å². The minimum Gasteiger partial charge on any atom is -0.466 e. The van der Waals surface area contributed by atoms with Crippen molar-refractivity contribution in [2.75, 3.05) is 7.11 Å². The Labute approximate surface area is 123 Å². The summed E-state index contributed by atoms with van der Waals surface area (Å²) in [4.78, 5) is 23.3.